The highest BCUT2D eigenvalue weighted by Gasteiger charge is 2.22. The van der Waals surface area contributed by atoms with Crippen molar-refractivity contribution in [2.45, 2.75) is 32.2 Å². The van der Waals surface area contributed by atoms with Gasteiger partial charge in [-0.25, -0.2) is 24.4 Å². The van der Waals surface area contributed by atoms with E-state index in [2.05, 4.69) is 32.5 Å². The molecule has 0 unspecified atom stereocenters. The van der Waals surface area contributed by atoms with Gasteiger partial charge in [0.15, 0.2) is 5.82 Å². The highest BCUT2D eigenvalue weighted by Crippen LogP contribution is 2.39. The van der Waals surface area contributed by atoms with Crippen molar-refractivity contribution in [1.82, 2.24) is 15.3 Å². The van der Waals surface area contributed by atoms with Crippen molar-refractivity contribution in [1.29, 1.82) is 5.26 Å². The second-order valence-electron chi connectivity index (χ2n) is 7.92. The molecule has 2 aliphatic rings. The third kappa shape index (κ3) is 4.17. The first-order valence-corrected chi connectivity index (χ1v) is 10.6. The number of nitrogen functional groups attached to an aromatic ring is 1. The van der Waals surface area contributed by atoms with Gasteiger partial charge in [-0.15, -0.1) is 0 Å². The van der Waals surface area contributed by atoms with Gasteiger partial charge >= 0.3 is 6.03 Å². The Morgan fingerprint density at radius 1 is 1.27 bits per heavy atom. The SMILES string of the molecule is C#N.Cc1c(-c2cc3cc(NC(=O)NC4CCC4)ncc3c(N)c2F)cnc2c1NCCO2. The lowest BCUT2D eigenvalue weighted by Crippen LogP contribution is -2.41. The number of hydrogen-bond acceptors (Lipinski definition) is 7. The Bertz CT molecular complexity index is 1240. The molecule has 1 aliphatic heterocycles. The van der Waals surface area contributed by atoms with E-state index in [1.54, 1.807) is 18.3 Å². The third-order valence-electron chi connectivity index (χ3n) is 5.92. The van der Waals surface area contributed by atoms with Crippen molar-refractivity contribution in [3.63, 3.8) is 0 Å². The van der Waals surface area contributed by atoms with Gasteiger partial charge in [-0.05, 0) is 49.3 Å². The molecule has 9 nitrogen and oxygen atoms in total. The number of benzene rings is 1. The molecule has 33 heavy (non-hydrogen) atoms. The van der Waals surface area contributed by atoms with Gasteiger partial charge in [0.2, 0.25) is 5.88 Å². The van der Waals surface area contributed by atoms with Gasteiger partial charge in [-0.3, -0.25) is 5.32 Å². The lowest BCUT2D eigenvalue weighted by molar-refractivity contribution is 0.240. The van der Waals surface area contributed by atoms with Crippen LogP contribution < -0.4 is 26.4 Å². The maximum atomic E-state index is 15.2. The van der Waals surface area contributed by atoms with E-state index >= 15 is 4.39 Å². The average molecular weight is 449 g/mol. The van der Waals surface area contributed by atoms with E-state index in [9.17, 15) is 4.79 Å². The smallest absolute Gasteiger partial charge is 0.320 e. The van der Waals surface area contributed by atoms with E-state index in [-0.39, 0.29) is 17.8 Å². The molecule has 1 fully saturated rings. The Morgan fingerprint density at radius 3 is 2.79 bits per heavy atom. The van der Waals surface area contributed by atoms with Gasteiger partial charge < -0.3 is 21.1 Å². The summed E-state index contributed by atoms with van der Waals surface area (Å²) in [6, 6.07) is 3.32. The van der Waals surface area contributed by atoms with E-state index in [0.717, 1.165) is 30.5 Å². The van der Waals surface area contributed by atoms with Crippen molar-refractivity contribution in [3.8, 4) is 23.6 Å². The number of urea groups is 1. The molecule has 0 atom stereocenters. The summed E-state index contributed by atoms with van der Waals surface area (Å²) in [6.07, 6.45) is 6.18. The van der Waals surface area contributed by atoms with Crippen molar-refractivity contribution < 1.29 is 13.9 Å². The van der Waals surface area contributed by atoms with Crippen molar-refractivity contribution >= 4 is 34.0 Å². The van der Waals surface area contributed by atoms with Crippen LogP contribution in [0.3, 0.4) is 0 Å². The Balaban J connectivity index is 0.00000126. The maximum absolute atomic E-state index is 15.2. The molecule has 170 valence electrons. The number of carbonyl (C=O) groups is 1. The molecule has 5 N–H and O–H groups in total. The van der Waals surface area contributed by atoms with Crippen LogP contribution in [-0.4, -0.2) is 35.2 Å². The number of nitriles is 1. The standard InChI is InChI=1S/C22H23FN6O2.CHN/c1-11-15(9-27-21-20(11)25-5-6-31-21)14-7-12-8-17(26-10-16(12)19(24)18(14)23)29-22(30)28-13-3-2-4-13;1-2/h7-10,13,25H,2-6,24H2,1H3,(H2,26,28,29,30);1H. The molecule has 3 aromatic rings. The molecule has 1 aromatic carbocycles. The number of fused-ring (bicyclic) bond motifs is 2. The zero-order valence-electron chi connectivity index (χ0n) is 18.1. The number of halogens is 1. The van der Waals surface area contributed by atoms with Crippen LogP contribution in [0.25, 0.3) is 21.9 Å². The number of amides is 2. The van der Waals surface area contributed by atoms with Crippen LogP contribution in [0, 0.1) is 24.6 Å². The molecule has 1 aliphatic carbocycles. The number of ether oxygens (including phenoxy) is 1. The largest absolute Gasteiger partial charge is 0.474 e. The van der Waals surface area contributed by atoms with Gasteiger partial charge in [0.05, 0.1) is 5.69 Å². The summed E-state index contributed by atoms with van der Waals surface area (Å²) in [5.41, 5.74) is 8.66. The van der Waals surface area contributed by atoms with Crippen molar-refractivity contribution in [2.75, 3.05) is 29.5 Å². The lowest BCUT2D eigenvalue weighted by atomic mass is 9.93. The van der Waals surface area contributed by atoms with Crippen LogP contribution in [0.5, 0.6) is 5.88 Å². The van der Waals surface area contributed by atoms with Crippen LogP contribution in [0.4, 0.5) is 26.4 Å². The first-order valence-electron chi connectivity index (χ1n) is 10.6. The Morgan fingerprint density at radius 2 is 2.06 bits per heavy atom. The number of nitrogens with two attached hydrogens (primary N) is 1. The van der Waals surface area contributed by atoms with Gasteiger partial charge in [-0.1, -0.05) is 0 Å². The number of aromatic nitrogens is 2. The van der Waals surface area contributed by atoms with E-state index in [4.69, 9.17) is 15.7 Å². The molecule has 5 rings (SSSR count). The number of pyridine rings is 2. The predicted molar refractivity (Wildman–Crippen MR) is 125 cm³/mol. The zero-order chi connectivity index (χ0) is 23.5. The number of rotatable bonds is 3. The minimum absolute atomic E-state index is 0.00630. The summed E-state index contributed by atoms with van der Waals surface area (Å²) in [7, 11) is 0. The van der Waals surface area contributed by atoms with Crippen molar-refractivity contribution in [3.05, 3.63) is 35.9 Å². The van der Waals surface area contributed by atoms with Gasteiger partial charge in [-0.2, -0.15) is 0 Å². The molecule has 10 heteroatoms. The number of nitrogens with one attached hydrogen (secondary N) is 3. The van der Waals surface area contributed by atoms with Crippen LogP contribution in [0.2, 0.25) is 0 Å². The minimum Gasteiger partial charge on any atom is -0.474 e. The van der Waals surface area contributed by atoms with Crippen molar-refractivity contribution in [2.24, 2.45) is 0 Å². The third-order valence-corrected chi connectivity index (χ3v) is 5.92. The fourth-order valence-corrected chi connectivity index (χ4v) is 3.94. The highest BCUT2D eigenvalue weighted by atomic mass is 19.1. The summed E-state index contributed by atoms with van der Waals surface area (Å²) in [5, 5.41) is 16.6. The highest BCUT2D eigenvalue weighted by molar-refractivity contribution is 6.00. The number of hydrogen-bond donors (Lipinski definition) is 4. The van der Waals surface area contributed by atoms with Crippen LogP contribution in [0.1, 0.15) is 24.8 Å². The Labute approximate surface area is 190 Å². The molecule has 0 radical (unpaired) electrons. The van der Waals surface area contributed by atoms with Gasteiger partial charge in [0.25, 0.3) is 0 Å². The second kappa shape index (κ2) is 9.16. The quantitative estimate of drug-likeness (QED) is 0.444. The molecule has 0 spiro atoms. The van der Waals surface area contributed by atoms with Gasteiger partial charge in [0.1, 0.15) is 18.1 Å². The summed E-state index contributed by atoms with van der Waals surface area (Å²) in [4.78, 5) is 20.7. The number of carbonyl (C=O) groups excluding carboxylic acids is 1. The van der Waals surface area contributed by atoms with Crippen LogP contribution in [-0.2, 0) is 0 Å². The van der Waals surface area contributed by atoms with E-state index in [0.29, 0.717) is 46.7 Å². The fourth-order valence-electron chi connectivity index (χ4n) is 3.94. The molecule has 0 saturated heterocycles. The van der Waals surface area contributed by atoms with E-state index in [1.807, 2.05) is 6.92 Å². The molecule has 1 saturated carbocycles. The second-order valence-corrected chi connectivity index (χ2v) is 7.92. The van der Waals surface area contributed by atoms with E-state index < -0.39 is 5.82 Å². The van der Waals surface area contributed by atoms with Gasteiger partial charge in [0, 0.05) is 48.1 Å². The topological polar surface area (TPSA) is 138 Å². The predicted octanol–water partition coefficient (Wildman–Crippen LogP) is 3.94. The normalized spacial score (nSPS) is 14.5. The molecular weight excluding hydrogens is 425 g/mol. The first kappa shape index (κ1) is 22.1. The zero-order valence-corrected chi connectivity index (χ0v) is 18.1. The molecule has 3 heterocycles. The fraction of sp³-hybridized carbons (Fsp3) is 0.304. The van der Waals surface area contributed by atoms with E-state index in [1.165, 1.54) is 6.20 Å². The lowest BCUT2D eigenvalue weighted by Gasteiger charge is -2.26. The summed E-state index contributed by atoms with van der Waals surface area (Å²) >= 11 is 0. The summed E-state index contributed by atoms with van der Waals surface area (Å²) in [5.74, 6) is 0.353. The summed E-state index contributed by atoms with van der Waals surface area (Å²) in [6.45, 7) is 6.58. The van der Waals surface area contributed by atoms with Crippen LogP contribution in [0.15, 0.2) is 24.5 Å². The maximum Gasteiger partial charge on any atom is 0.320 e. The molecule has 2 aromatic heterocycles. The Hall–Kier alpha value is -4.13. The first-order chi connectivity index (χ1) is 16.0. The molecular formula is C23H24FN7O2. The average Bonchev–Trinajstić information content (AvgIpc) is 2.81. The monoisotopic (exact) mass is 449 g/mol. The Kier molecular flexibility index (Phi) is 6.13. The molecule has 2 amide bonds. The minimum atomic E-state index is -0.528. The summed E-state index contributed by atoms with van der Waals surface area (Å²) < 4.78 is 20.8. The molecule has 0 bridgehead atoms. The number of nitrogens with zero attached hydrogens (tertiary/aromatic N) is 3. The number of anilines is 3. The van der Waals surface area contributed by atoms with Crippen LogP contribution >= 0.6 is 0 Å².